The minimum absolute atomic E-state index is 0.227. The van der Waals surface area contributed by atoms with Crippen LogP contribution in [-0.2, 0) is 16.0 Å². The molecule has 4 heteroatoms. The summed E-state index contributed by atoms with van der Waals surface area (Å²) in [5, 5.41) is 0. The van der Waals surface area contributed by atoms with Crippen LogP contribution in [0, 0.1) is 0 Å². The lowest BCUT2D eigenvalue weighted by atomic mass is 10.1. The number of hydrogen-bond acceptors (Lipinski definition) is 4. The normalized spacial score (nSPS) is 12.4. The van der Waals surface area contributed by atoms with E-state index in [0.29, 0.717) is 13.0 Å². The average molecular weight is 250 g/mol. The zero-order chi connectivity index (χ0) is 13.4. The highest BCUT2D eigenvalue weighted by Crippen LogP contribution is 2.04. The smallest absolute Gasteiger partial charge is 0.324 e. The zero-order valence-electron chi connectivity index (χ0n) is 11.3. The summed E-state index contributed by atoms with van der Waals surface area (Å²) in [5.74, 6) is -0.227. The van der Waals surface area contributed by atoms with Gasteiger partial charge >= 0.3 is 5.97 Å². The Bertz CT molecular complexity index is 352. The first-order chi connectivity index (χ1) is 8.63. The molecule has 0 aromatic heterocycles. The third-order valence-corrected chi connectivity index (χ3v) is 2.40. The minimum Gasteiger partial charge on any atom is -0.465 e. The van der Waals surface area contributed by atoms with Crippen molar-refractivity contribution >= 4 is 5.97 Å². The van der Waals surface area contributed by atoms with Crippen molar-refractivity contribution in [3.05, 3.63) is 35.9 Å². The largest absolute Gasteiger partial charge is 0.465 e. The lowest BCUT2D eigenvalue weighted by Crippen LogP contribution is -2.50. The Labute approximate surface area is 109 Å². The molecule has 100 valence electrons. The van der Waals surface area contributed by atoms with Gasteiger partial charge in [-0.1, -0.05) is 30.3 Å². The Balaban J connectivity index is 2.62. The van der Waals surface area contributed by atoms with Gasteiger partial charge in [-0.25, -0.2) is 5.43 Å². The number of carbonyl (C=O) groups excluding carboxylic acids is 1. The highest BCUT2D eigenvalue weighted by molar-refractivity contribution is 5.76. The quantitative estimate of drug-likeness (QED) is 0.571. The maximum Gasteiger partial charge on any atom is 0.324 e. The van der Waals surface area contributed by atoms with Gasteiger partial charge in [-0.2, -0.15) is 0 Å². The topological polar surface area (TPSA) is 50.4 Å². The van der Waals surface area contributed by atoms with Gasteiger partial charge in [-0.05, 0) is 32.8 Å². The molecule has 0 aliphatic heterocycles. The fourth-order valence-electron chi connectivity index (χ4n) is 1.55. The van der Waals surface area contributed by atoms with E-state index in [2.05, 4.69) is 10.9 Å². The van der Waals surface area contributed by atoms with E-state index in [0.717, 1.165) is 5.56 Å². The van der Waals surface area contributed by atoms with Crippen molar-refractivity contribution in [2.75, 3.05) is 6.61 Å². The molecule has 0 bridgehead atoms. The molecule has 2 N–H and O–H groups in total. The predicted octanol–water partition coefficient (Wildman–Crippen LogP) is 1.66. The first-order valence-corrected chi connectivity index (χ1v) is 6.35. The summed E-state index contributed by atoms with van der Waals surface area (Å²) in [6, 6.07) is 9.79. The first kappa shape index (κ1) is 14.7. The molecule has 1 rings (SSSR count). The summed E-state index contributed by atoms with van der Waals surface area (Å²) in [5.41, 5.74) is 7.19. The SMILES string of the molecule is CCOC(=O)[C@H](Cc1ccccc1)NNC(C)C. The Morgan fingerprint density at radius 2 is 1.89 bits per heavy atom. The van der Waals surface area contributed by atoms with Crippen molar-refractivity contribution in [2.45, 2.75) is 39.3 Å². The molecule has 0 fully saturated rings. The summed E-state index contributed by atoms with van der Waals surface area (Å²) < 4.78 is 5.07. The van der Waals surface area contributed by atoms with E-state index < -0.39 is 0 Å². The summed E-state index contributed by atoms with van der Waals surface area (Å²) in [7, 11) is 0. The predicted molar refractivity (Wildman–Crippen MR) is 72.0 cm³/mol. The maximum absolute atomic E-state index is 11.8. The van der Waals surface area contributed by atoms with Crippen LogP contribution in [0.4, 0.5) is 0 Å². The van der Waals surface area contributed by atoms with Crippen molar-refractivity contribution in [1.29, 1.82) is 0 Å². The van der Waals surface area contributed by atoms with E-state index in [1.54, 1.807) is 0 Å². The van der Waals surface area contributed by atoms with E-state index in [9.17, 15) is 4.79 Å². The molecule has 0 radical (unpaired) electrons. The van der Waals surface area contributed by atoms with Crippen molar-refractivity contribution in [3.63, 3.8) is 0 Å². The fourth-order valence-corrected chi connectivity index (χ4v) is 1.55. The van der Waals surface area contributed by atoms with Crippen LogP contribution < -0.4 is 10.9 Å². The third kappa shape index (κ3) is 5.29. The van der Waals surface area contributed by atoms with E-state index in [1.807, 2.05) is 51.1 Å². The van der Waals surface area contributed by atoms with E-state index in [1.165, 1.54) is 0 Å². The standard InChI is InChI=1S/C14H22N2O2/c1-4-18-14(17)13(16-15-11(2)3)10-12-8-6-5-7-9-12/h5-9,11,13,15-16H,4,10H2,1-3H3/t13-/m0/s1. The van der Waals surface area contributed by atoms with Gasteiger partial charge in [0.05, 0.1) is 6.61 Å². The monoisotopic (exact) mass is 250 g/mol. The summed E-state index contributed by atoms with van der Waals surface area (Å²) >= 11 is 0. The highest BCUT2D eigenvalue weighted by Gasteiger charge is 2.19. The van der Waals surface area contributed by atoms with Crippen LogP contribution in [0.3, 0.4) is 0 Å². The Morgan fingerprint density at radius 3 is 2.44 bits per heavy atom. The van der Waals surface area contributed by atoms with Crippen LogP contribution in [0.2, 0.25) is 0 Å². The molecule has 1 aromatic rings. The summed E-state index contributed by atoms with van der Waals surface area (Å²) in [4.78, 5) is 11.8. The molecule has 0 amide bonds. The minimum atomic E-state index is -0.366. The molecular weight excluding hydrogens is 228 g/mol. The maximum atomic E-state index is 11.8. The molecule has 0 aliphatic rings. The number of nitrogens with one attached hydrogen (secondary N) is 2. The second-order valence-corrected chi connectivity index (χ2v) is 4.44. The number of carbonyl (C=O) groups is 1. The van der Waals surface area contributed by atoms with Gasteiger partial charge in [0.2, 0.25) is 0 Å². The highest BCUT2D eigenvalue weighted by atomic mass is 16.5. The number of rotatable bonds is 7. The second-order valence-electron chi connectivity index (χ2n) is 4.44. The zero-order valence-corrected chi connectivity index (χ0v) is 11.3. The van der Waals surface area contributed by atoms with E-state index in [4.69, 9.17) is 4.74 Å². The van der Waals surface area contributed by atoms with Crippen LogP contribution in [0.5, 0.6) is 0 Å². The Hall–Kier alpha value is -1.39. The third-order valence-electron chi connectivity index (χ3n) is 2.40. The number of esters is 1. The van der Waals surface area contributed by atoms with Crippen molar-refractivity contribution in [3.8, 4) is 0 Å². The van der Waals surface area contributed by atoms with Crippen molar-refractivity contribution in [1.82, 2.24) is 10.9 Å². The summed E-state index contributed by atoms with van der Waals surface area (Å²) in [6.07, 6.45) is 0.611. The van der Waals surface area contributed by atoms with Crippen LogP contribution in [-0.4, -0.2) is 24.7 Å². The molecule has 0 saturated carbocycles. The van der Waals surface area contributed by atoms with Gasteiger partial charge in [0.15, 0.2) is 0 Å². The molecule has 1 aromatic carbocycles. The number of ether oxygens (including phenoxy) is 1. The van der Waals surface area contributed by atoms with Crippen LogP contribution in [0.1, 0.15) is 26.3 Å². The van der Waals surface area contributed by atoms with Crippen LogP contribution in [0.25, 0.3) is 0 Å². The van der Waals surface area contributed by atoms with E-state index in [-0.39, 0.29) is 18.1 Å². The van der Waals surface area contributed by atoms with Gasteiger partial charge in [-0.3, -0.25) is 10.2 Å². The molecule has 0 heterocycles. The molecule has 0 spiro atoms. The molecule has 0 saturated heterocycles. The fraction of sp³-hybridized carbons (Fsp3) is 0.500. The molecule has 0 aliphatic carbocycles. The number of hydrogen-bond donors (Lipinski definition) is 2. The van der Waals surface area contributed by atoms with Gasteiger partial charge in [0, 0.05) is 6.04 Å². The molecule has 18 heavy (non-hydrogen) atoms. The number of benzene rings is 1. The van der Waals surface area contributed by atoms with Crippen LogP contribution >= 0.6 is 0 Å². The second kappa shape index (κ2) is 7.84. The lowest BCUT2D eigenvalue weighted by Gasteiger charge is -2.19. The van der Waals surface area contributed by atoms with Crippen molar-refractivity contribution in [2.24, 2.45) is 0 Å². The summed E-state index contributed by atoms with van der Waals surface area (Å²) in [6.45, 7) is 6.23. The Kier molecular flexibility index (Phi) is 6.39. The van der Waals surface area contributed by atoms with Gasteiger partial charge in [0.1, 0.15) is 6.04 Å². The molecular formula is C14H22N2O2. The van der Waals surface area contributed by atoms with Crippen LogP contribution in [0.15, 0.2) is 30.3 Å². The van der Waals surface area contributed by atoms with Gasteiger partial charge < -0.3 is 4.74 Å². The molecule has 0 unspecified atom stereocenters. The average Bonchev–Trinajstić information content (AvgIpc) is 2.35. The van der Waals surface area contributed by atoms with E-state index >= 15 is 0 Å². The molecule has 1 atom stereocenters. The van der Waals surface area contributed by atoms with Gasteiger partial charge in [0.25, 0.3) is 0 Å². The van der Waals surface area contributed by atoms with Gasteiger partial charge in [-0.15, -0.1) is 0 Å². The first-order valence-electron chi connectivity index (χ1n) is 6.35. The molecule has 4 nitrogen and oxygen atoms in total. The Morgan fingerprint density at radius 1 is 1.22 bits per heavy atom. The lowest BCUT2D eigenvalue weighted by molar-refractivity contribution is -0.146. The number of hydrazine groups is 1. The van der Waals surface area contributed by atoms with Crippen molar-refractivity contribution < 1.29 is 9.53 Å².